The molecule has 1 aliphatic heterocycles. The van der Waals surface area contributed by atoms with Crippen LogP contribution in [0.15, 0.2) is 58.5 Å². The predicted molar refractivity (Wildman–Crippen MR) is 123 cm³/mol. The summed E-state index contributed by atoms with van der Waals surface area (Å²) in [6, 6.07) is 12.1. The number of aliphatic hydroxyl groups excluding tert-OH is 1. The van der Waals surface area contributed by atoms with Crippen molar-refractivity contribution in [1.29, 1.82) is 0 Å². The largest absolute Gasteiger partial charge is 0.507 e. The molecule has 0 aliphatic carbocycles. The zero-order valence-electron chi connectivity index (χ0n) is 18.9. The number of phenols is 1. The number of aryl methyl sites for hydroxylation is 3. The lowest BCUT2D eigenvalue weighted by Gasteiger charge is -2.24. The Morgan fingerprint density at radius 1 is 1.06 bits per heavy atom. The Labute approximate surface area is 191 Å². The van der Waals surface area contributed by atoms with Gasteiger partial charge >= 0.3 is 0 Å². The molecule has 2 heterocycles. The second-order valence-electron chi connectivity index (χ2n) is 8.02. The molecule has 1 aromatic heterocycles. The van der Waals surface area contributed by atoms with Gasteiger partial charge in [-0.25, -0.2) is 0 Å². The topological polar surface area (TPSA) is 100 Å². The van der Waals surface area contributed by atoms with E-state index in [9.17, 15) is 19.8 Å². The van der Waals surface area contributed by atoms with Gasteiger partial charge in [-0.15, -0.1) is 0 Å². The Balaban J connectivity index is 1.93. The van der Waals surface area contributed by atoms with Gasteiger partial charge in [0.25, 0.3) is 11.7 Å². The molecule has 3 aromatic rings. The Bertz CT molecular complexity index is 1290. The zero-order valence-corrected chi connectivity index (χ0v) is 18.9. The SMILES string of the molecule is CCOc1ccc(/C(O)=C2/C(=O)C(=O)N(c3cc(C)ccc3O)C2c2ccc(C)o2)cc1C. The number of nitrogens with zero attached hydrogens (tertiary/aromatic N) is 1. The molecule has 0 saturated carbocycles. The van der Waals surface area contributed by atoms with Crippen LogP contribution in [0.1, 0.15) is 41.2 Å². The summed E-state index contributed by atoms with van der Waals surface area (Å²) in [4.78, 5) is 27.5. The van der Waals surface area contributed by atoms with Crippen LogP contribution in [0, 0.1) is 20.8 Å². The summed E-state index contributed by atoms with van der Waals surface area (Å²) < 4.78 is 11.3. The van der Waals surface area contributed by atoms with Gasteiger partial charge in [-0.3, -0.25) is 14.5 Å². The van der Waals surface area contributed by atoms with Crippen LogP contribution < -0.4 is 9.64 Å². The number of hydrogen-bond donors (Lipinski definition) is 2. The van der Waals surface area contributed by atoms with Gasteiger partial charge in [-0.1, -0.05) is 6.07 Å². The van der Waals surface area contributed by atoms with E-state index in [1.807, 2.05) is 20.8 Å². The van der Waals surface area contributed by atoms with Gasteiger partial charge in [-0.2, -0.15) is 0 Å². The lowest BCUT2D eigenvalue weighted by molar-refractivity contribution is -0.132. The third-order valence-electron chi connectivity index (χ3n) is 5.61. The van der Waals surface area contributed by atoms with Gasteiger partial charge < -0.3 is 19.4 Å². The standard InChI is InChI=1S/C26H25NO6/c1-5-32-20-11-8-17(13-15(20)3)24(29)22-23(21-10-7-16(4)33-21)27(26(31)25(22)30)18-12-14(2)6-9-19(18)28/h6-13,23,28-29H,5H2,1-4H3/b24-22-. The van der Waals surface area contributed by atoms with Gasteiger partial charge in [0.05, 0.1) is 17.9 Å². The van der Waals surface area contributed by atoms with Crippen molar-refractivity contribution in [3.05, 3.63) is 82.3 Å². The number of furan rings is 1. The van der Waals surface area contributed by atoms with Gasteiger partial charge in [0, 0.05) is 5.56 Å². The molecule has 1 unspecified atom stereocenters. The molecular weight excluding hydrogens is 422 g/mol. The number of aromatic hydroxyl groups is 1. The van der Waals surface area contributed by atoms with Crippen molar-refractivity contribution in [2.45, 2.75) is 33.7 Å². The number of benzene rings is 2. The fraction of sp³-hybridized carbons (Fsp3) is 0.231. The van der Waals surface area contributed by atoms with Gasteiger partial charge in [0.2, 0.25) is 0 Å². The van der Waals surface area contributed by atoms with E-state index in [1.165, 1.54) is 11.0 Å². The van der Waals surface area contributed by atoms with Crippen LogP contribution in [-0.4, -0.2) is 28.5 Å². The summed E-state index contributed by atoms with van der Waals surface area (Å²) in [7, 11) is 0. The smallest absolute Gasteiger partial charge is 0.300 e. The first-order valence-corrected chi connectivity index (χ1v) is 10.6. The molecule has 0 spiro atoms. The van der Waals surface area contributed by atoms with Crippen LogP contribution in [0.2, 0.25) is 0 Å². The van der Waals surface area contributed by atoms with Gasteiger partial charge in [0.1, 0.15) is 34.8 Å². The Kier molecular flexibility index (Phi) is 5.72. The van der Waals surface area contributed by atoms with Crippen molar-refractivity contribution in [3.8, 4) is 11.5 Å². The maximum atomic E-state index is 13.2. The maximum Gasteiger partial charge on any atom is 0.300 e. The highest BCUT2D eigenvalue weighted by Gasteiger charge is 2.49. The number of ether oxygens (including phenoxy) is 1. The molecule has 170 valence electrons. The molecule has 33 heavy (non-hydrogen) atoms. The summed E-state index contributed by atoms with van der Waals surface area (Å²) in [5.74, 6) is -0.658. The third kappa shape index (κ3) is 3.86. The van der Waals surface area contributed by atoms with Crippen LogP contribution in [0.3, 0.4) is 0 Å². The molecule has 1 saturated heterocycles. The number of aliphatic hydroxyl groups is 1. The van der Waals surface area contributed by atoms with Crippen LogP contribution in [0.4, 0.5) is 5.69 Å². The Hall–Kier alpha value is -4.00. The van der Waals surface area contributed by atoms with Crippen LogP contribution >= 0.6 is 0 Å². The monoisotopic (exact) mass is 447 g/mol. The quantitative estimate of drug-likeness (QED) is 0.327. The first-order valence-electron chi connectivity index (χ1n) is 10.6. The lowest BCUT2D eigenvalue weighted by atomic mass is 9.98. The van der Waals surface area contributed by atoms with Crippen molar-refractivity contribution >= 4 is 23.1 Å². The fourth-order valence-electron chi connectivity index (χ4n) is 4.05. The van der Waals surface area contributed by atoms with E-state index in [0.29, 0.717) is 29.4 Å². The van der Waals surface area contributed by atoms with E-state index in [0.717, 1.165) is 11.1 Å². The lowest BCUT2D eigenvalue weighted by Crippen LogP contribution is -2.29. The van der Waals surface area contributed by atoms with Crippen molar-refractivity contribution in [2.24, 2.45) is 0 Å². The Morgan fingerprint density at radius 3 is 2.45 bits per heavy atom. The first kappa shape index (κ1) is 22.2. The average molecular weight is 447 g/mol. The van der Waals surface area contributed by atoms with E-state index in [-0.39, 0.29) is 22.8 Å². The molecule has 1 atom stereocenters. The number of phenolic OH excluding ortho intramolecular Hbond substituents is 1. The fourth-order valence-corrected chi connectivity index (χ4v) is 4.05. The van der Waals surface area contributed by atoms with Gasteiger partial charge in [-0.05, 0) is 81.3 Å². The van der Waals surface area contributed by atoms with E-state index in [4.69, 9.17) is 9.15 Å². The van der Waals surface area contributed by atoms with E-state index >= 15 is 0 Å². The molecule has 1 amide bonds. The van der Waals surface area contributed by atoms with Crippen molar-refractivity contribution in [3.63, 3.8) is 0 Å². The van der Waals surface area contributed by atoms with E-state index in [1.54, 1.807) is 49.4 Å². The number of carbonyl (C=O) groups is 2. The molecule has 1 aliphatic rings. The van der Waals surface area contributed by atoms with Gasteiger partial charge in [0.15, 0.2) is 0 Å². The number of anilines is 1. The first-order chi connectivity index (χ1) is 15.7. The van der Waals surface area contributed by atoms with Crippen LogP contribution in [0.25, 0.3) is 5.76 Å². The number of rotatable bonds is 5. The molecular formula is C26H25NO6. The second-order valence-corrected chi connectivity index (χ2v) is 8.02. The number of ketones is 1. The number of hydrogen-bond acceptors (Lipinski definition) is 6. The zero-order chi connectivity index (χ0) is 23.9. The minimum atomic E-state index is -1.04. The summed E-state index contributed by atoms with van der Waals surface area (Å²) >= 11 is 0. The van der Waals surface area contributed by atoms with Crippen molar-refractivity contribution < 1.29 is 29.0 Å². The van der Waals surface area contributed by atoms with Crippen molar-refractivity contribution in [2.75, 3.05) is 11.5 Å². The van der Waals surface area contributed by atoms with Crippen molar-refractivity contribution in [1.82, 2.24) is 0 Å². The number of Topliss-reactive ketones (excluding diaryl/α,β-unsaturated/α-hetero) is 1. The molecule has 0 radical (unpaired) electrons. The summed E-state index contributed by atoms with van der Waals surface area (Å²) in [6.07, 6.45) is 0. The average Bonchev–Trinajstić information content (AvgIpc) is 3.32. The van der Waals surface area contributed by atoms with E-state index < -0.39 is 17.7 Å². The second kappa shape index (κ2) is 8.50. The normalized spacial score (nSPS) is 17.6. The number of carbonyl (C=O) groups excluding carboxylic acids is 2. The number of amides is 1. The minimum absolute atomic E-state index is 0.112. The highest BCUT2D eigenvalue weighted by Crippen LogP contribution is 2.45. The molecule has 1 fully saturated rings. The minimum Gasteiger partial charge on any atom is -0.507 e. The Morgan fingerprint density at radius 2 is 1.82 bits per heavy atom. The highest BCUT2D eigenvalue weighted by atomic mass is 16.5. The van der Waals surface area contributed by atoms with Crippen LogP contribution in [0.5, 0.6) is 11.5 Å². The van der Waals surface area contributed by atoms with E-state index in [2.05, 4.69) is 0 Å². The summed E-state index contributed by atoms with van der Waals surface area (Å²) in [5, 5.41) is 21.7. The molecule has 4 rings (SSSR count). The molecule has 2 N–H and O–H groups in total. The summed E-state index contributed by atoms with van der Waals surface area (Å²) in [6.45, 7) is 7.76. The molecule has 7 nitrogen and oxygen atoms in total. The highest BCUT2D eigenvalue weighted by molar-refractivity contribution is 6.51. The molecule has 2 aromatic carbocycles. The summed E-state index contributed by atoms with van der Waals surface area (Å²) in [5.41, 5.74) is 1.99. The van der Waals surface area contributed by atoms with Crippen LogP contribution in [-0.2, 0) is 9.59 Å². The predicted octanol–water partition coefficient (Wildman–Crippen LogP) is 4.94. The molecule has 0 bridgehead atoms. The maximum absolute atomic E-state index is 13.2. The third-order valence-corrected chi connectivity index (χ3v) is 5.61. The molecule has 7 heteroatoms.